The number of nitrogens with zero attached hydrogens (tertiary/aromatic N) is 4. The van der Waals surface area contributed by atoms with E-state index in [1.165, 1.54) is 0 Å². The van der Waals surface area contributed by atoms with Crippen molar-refractivity contribution >= 4 is 52.4 Å². The van der Waals surface area contributed by atoms with Crippen LogP contribution < -0.4 is 9.47 Å². The van der Waals surface area contributed by atoms with Gasteiger partial charge in [0.05, 0.1) is 91.4 Å². The Hall–Kier alpha value is -5.96. The summed E-state index contributed by atoms with van der Waals surface area (Å²) in [5, 5.41) is 0. The van der Waals surface area contributed by atoms with Gasteiger partial charge in [0.25, 0.3) is 0 Å². The van der Waals surface area contributed by atoms with Crippen molar-refractivity contribution in [2.75, 3.05) is 68.6 Å². The molecule has 2 aliphatic rings. The van der Waals surface area contributed by atoms with Gasteiger partial charge in [-0.2, -0.15) is 0 Å². The van der Waals surface area contributed by atoms with E-state index < -0.39 is 0 Å². The Kier molecular flexibility index (Phi) is 13.4. The summed E-state index contributed by atoms with van der Waals surface area (Å²) in [5.41, 5.74) is 10.2. The van der Waals surface area contributed by atoms with Gasteiger partial charge in [-0.05, 0) is 85.3 Å². The van der Waals surface area contributed by atoms with E-state index in [0.717, 1.165) is 108 Å². The van der Waals surface area contributed by atoms with Gasteiger partial charge in [-0.15, -0.1) is 0 Å². The summed E-state index contributed by atoms with van der Waals surface area (Å²) in [6.07, 6.45) is 30.4. The lowest BCUT2D eigenvalue weighted by molar-refractivity contribution is -0.870. The first kappa shape index (κ1) is 40.7. The van der Waals surface area contributed by atoms with Crippen LogP contribution in [0, 0.1) is 0 Å². The Morgan fingerprint density at radius 2 is 1.07 bits per heavy atom. The third kappa shape index (κ3) is 12.3. The number of aromatic nitrogens is 4. The number of nitrogens with one attached hydrogen (secondary N) is 2. The second-order valence-electron chi connectivity index (χ2n) is 16.4. The van der Waals surface area contributed by atoms with Crippen molar-refractivity contribution in [3.05, 3.63) is 138 Å². The molecule has 2 N–H and O–H groups in total. The molecule has 294 valence electrons. The number of H-pyrrole nitrogens is 2. The van der Waals surface area contributed by atoms with E-state index in [0.29, 0.717) is 13.2 Å². The van der Waals surface area contributed by atoms with Gasteiger partial charge in [0.1, 0.15) is 11.5 Å². The molecule has 0 aliphatic carbocycles. The zero-order chi connectivity index (χ0) is 40.3. The third-order valence-corrected chi connectivity index (χ3v) is 9.32. The molecule has 8 bridgehead atoms. The van der Waals surface area contributed by atoms with Crippen LogP contribution in [0.3, 0.4) is 0 Å². The van der Waals surface area contributed by atoms with E-state index in [4.69, 9.17) is 19.4 Å². The van der Waals surface area contributed by atoms with Gasteiger partial charge in [-0.1, -0.05) is 60.8 Å². The second-order valence-corrected chi connectivity index (χ2v) is 16.4. The second kappa shape index (κ2) is 18.8. The molecule has 8 heteroatoms. The molecule has 0 radical (unpaired) electrons. The lowest BCUT2D eigenvalue weighted by Crippen LogP contribution is -2.36. The van der Waals surface area contributed by atoms with Crippen LogP contribution in [-0.2, 0) is 0 Å². The predicted octanol–water partition coefficient (Wildman–Crippen LogP) is 10.5. The SMILES string of the molecule is C/C=C/C=C/C=C/C=C/C=C/c1c2nc(cc3ccc([nH]3)c(-c3cc(OCCC[N+](C)(C)C)cc(OCCC[N+](C)(C)C)c3)c3nc(cc4ccc1[nH]4)C=C3)C=C2. The summed E-state index contributed by atoms with van der Waals surface area (Å²) in [5.74, 6) is 1.56. The molecule has 0 spiro atoms. The van der Waals surface area contributed by atoms with Crippen LogP contribution in [0.5, 0.6) is 11.5 Å². The summed E-state index contributed by atoms with van der Waals surface area (Å²) in [6, 6.07) is 18.8. The zero-order valence-corrected chi connectivity index (χ0v) is 34.6. The van der Waals surface area contributed by atoms with Gasteiger partial charge < -0.3 is 28.4 Å². The van der Waals surface area contributed by atoms with Crippen molar-refractivity contribution in [2.45, 2.75) is 19.8 Å². The Balaban J connectivity index is 1.43. The Morgan fingerprint density at radius 1 is 0.561 bits per heavy atom. The number of ether oxygens (including phenoxy) is 2. The molecule has 6 rings (SSSR count). The van der Waals surface area contributed by atoms with Gasteiger partial charge in [0, 0.05) is 52.1 Å². The maximum absolute atomic E-state index is 6.42. The summed E-state index contributed by atoms with van der Waals surface area (Å²) >= 11 is 0. The molecule has 0 amide bonds. The normalized spacial score (nSPS) is 13.5. The van der Waals surface area contributed by atoms with Crippen molar-refractivity contribution in [3.63, 3.8) is 0 Å². The van der Waals surface area contributed by atoms with E-state index in [2.05, 4.69) is 131 Å². The number of rotatable bonds is 16. The Bertz CT molecular complexity index is 2360. The lowest BCUT2D eigenvalue weighted by atomic mass is 10.0. The molecule has 57 heavy (non-hydrogen) atoms. The van der Waals surface area contributed by atoms with Gasteiger partial charge in [-0.3, -0.25) is 0 Å². The van der Waals surface area contributed by atoms with Gasteiger partial charge >= 0.3 is 0 Å². The monoisotopic (exact) mass is 762 g/mol. The van der Waals surface area contributed by atoms with Gasteiger partial charge in [0.15, 0.2) is 0 Å². The van der Waals surface area contributed by atoms with Crippen molar-refractivity contribution in [2.24, 2.45) is 0 Å². The summed E-state index contributed by atoms with van der Waals surface area (Å²) < 4.78 is 14.6. The number of hydrogen-bond acceptors (Lipinski definition) is 4. The van der Waals surface area contributed by atoms with Gasteiger partial charge in [0.2, 0.25) is 0 Å². The molecule has 1 aromatic carbocycles. The van der Waals surface area contributed by atoms with Crippen LogP contribution in [0.15, 0.2) is 109 Å². The molecular weight excluding hydrogens is 705 g/mol. The number of aromatic amines is 2. The van der Waals surface area contributed by atoms with Crippen molar-refractivity contribution in [3.8, 4) is 22.6 Å². The topological polar surface area (TPSA) is 75.8 Å². The molecule has 0 unspecified atom stereocenters. The summed E-state index contributed by atoms with van der Waals surface area (Å²) in [4.78, 5) is 17.5. The number of fused-ring (bicyclic) bond motifs is 8. The number of hydrogen-bond donors (Lipinski definition) is 2. The molecule has 4 aromatic rings. The molecule has 8 nitrogen and oxygen atoms in total. The Labute approximate surface area is 338 Å². The minimum Gasteiger partial charge on any atom is -0.493 e. The standard InChI is InChI=1S/C49H58N6O2/c1-8-9-10-11-12-13-14-15-16-19-44-45-24-20-38(50-45)34-40-22-26-47(52-40)49(48-27-23-41(53-48)35-39-21-25-46(44)51-39)37-32-42(56-30-17-28-54(2,3)4)36-43(33-37)57-31-18-29-55(5,6)7/h8-16,19-27,32-36,50,53H,17-18,28-31H2,1-7H3/q+2/b9-8+,11-10+,13-12+,15-14+,19-16+,38-34?,39-35?,40-34?,41-35?,45-44?,46-44?,49-47?,49-48?. The Morgan fingerprint density at radius 3 is 1.65 bits per heavy atom. The molecule has 3 aromatic heterocycles. The fraction of sp³-hybridized carbons (Fsp3) is 0.265. The maximum atomic E-state index is 6.42. The van der Waals surface area contributed by atoms with Crippen molar-refractivity contribution in [1.29, 1.82) is 0 Å². The summed E-state index contributed by atoms with van der Waals surface area (Å²) in [7, 11) is 13.2. The first-order chi connectivity index (χ1) is 27.4. The smallest absolute Gasteiger partial charge is 0.123 e. The quantitative estimate of drug-likeness (QED) is 0.0585. The van der Waals surface area contributed by atoms with E-state index in [1.807, 2.05) is 67.7 Å². The first-order valence-corrected chi connectivity index (χ1v) is 19.8. The molecule has 0 saturated heterocycles. The summed E-state index contributed by atoms with van der Waals surface area (Å²) in [6.45, 7) is 5.29. The maximum Gasteiger partial charge on any atom is 0.123 e. The molecule has 2 aliphatic heterocycles. The zero-order valence-electron chi connectivity index (χ0n) is 34.6. The average molecular weight is 763 g/mol. The van der Waals surface area contributed by atoms with E-state index in [1.54, 1.807) is 0 Å². The van der Waals surface area contributed by atoms with E-state index in [9.17, 15) is 0 Å². The van der Waals surface area contributed by atoms with Crippen LogP contribution in [0.4, 0.5) is 0 Å². The molecule has 0 saturated carbocycles. The minimum absolute atomic E-state index is 0.621. The van der Waals surface area contributed by atoms with Crippen LogP contribution in [0.2, 0.25) is 0 Å². The van der Waals surface area contributed by atoms with Crippen LogP contribution in [0.1, 0.15) is 48.1 Å². The van der Waals surface area contributed by atoms with Crippen molar-refractivity contribution in [1.82, 2.24) is 19.9 Å². The molecule has 0 atom stereocenters. The lowest BCUT2D eigenvalue weighted by Gasteiger charge is -2.24. The minimum atomic E-state index is 0.621. The van der Waals surface area contributed by atoms with E-state index in [-0.39, 0.29) is 0 Å². The highest BCUT2D eigenvalue weighted by molar-refractivity contribution is 5.92. The number of quaternary nitrogens is 2. The third-order valence-electron chi connectivity index (χ3n) is 9.32. The molecule has 0 fully saturated rings. The van der Waals surface area contributed by atoms with Crippen LogP contribution in [-0.4, -0.2) is 97.5 Å². The van der Waals surface area contributed by atoms with Gasteiger partial charge in [-0.25, -0.2) is 9.97 Å². The average Bonchev–Trinajstić information content (AvgIpc) is 3.99. The predicted molar refractivity (Wildman–Crippen MR) is 242 cm³/mol. The highest BCUT2D eigenvalue weighted by Crippen LogP contribution is 2.36. The largest absolute Gasteiger partial charge is 0.493 e. The van der Waals surface area contributed by atoms with Crippen LogP contribution >= 0.6 is 0 Å². The highest BCUT2D eigenvalue weighted by Gasteiger charge is 2.16. The first-order valence-electron chi connectivity index (χ1n) is 19.8. The molecule has 5 heterocycles. The van der Waals surface area contributed by atoms with Crippen LogP contribution in [0.25, 0.3) is 63.6 Å². The molecular formula is C49H58N6O2+2. The van der Waals surface area contributed by atoms with E-state index >= 15 is 0 Å². The number of benzene rings is 1. The fourth-order valence-corrected chi connectivity index (χ4v) is 6.56. The highest BCUT2D eigenvalue weighted by atomic mass is 16.5. The number of allylic oxidation sites excluding steroid dienone is 9. The van der Waals surface area contributed by atoms with Crippen molar-refractivity contribution < 1.29 is 18.4 Å². The fourth-order valence-electron chi connectivity index (χ4n) is 6.56.